The first kappa shape index (κ1) is 19.4. The van der Waals surface area contributed by atoms with Crippen molar-refractivity contribution in [2.24, 2.45) is 0 Å². The van der Waals surface area contributed by atoms with Crippen molar-refractivity contribution in [3.05, 3.63) is 24.3 Å². The summed E-state index contributed by atoms with van der Waals surface area (Å²) in [7, 11) is 1.58. The zero-order valence-corrected chi connectivity index (χ0v) is 14.3. The van der Waals surface area contributed by atoms with Crippen LogP contribution in [0.2, 0.25) is 0 Å². The molecule has 1 saturated heterocycles. The lowest BCUT2D eigenvalue weighted by molar-refractivity contribution is -0.140. The first-order chi connectivity index (χ1) is 10.6. The number of piperidine rings is 1. The highest BCUT2D eigenvalue weighted by molar-refractivity contribution is 5.98. The number of anilines is 2. The molecule has 128 valence electrons. The van der Waals surface area contributed by atoms with Gasteiger partial charge >= 0.3 is 0 Å². The Bertz CT molecular complexity index is 528. The maximum Gasteiger partial charge on any atom is 0.256 e. The number of rotatable bonds is 5. The van der Waals surface area contributed by atoms with Gasteiger partial charge in [0.15, 0.2) is 0 Å². The normalized spacial score (nSPS) is 16.1. The molecule has 0 radical (unpaired) electrons. The highest BCUT2D eigenvalue weighted by Gasteiger charge is 2.39. The van der Waals surface area contributed by atoms with E-state index in [0.717, 1.165) is 13.1 Å². The molecule has 0 aliphatic carbocycles. The molecule has 0 saturated carbocycles. The molecule has 2 rings (SSSR count). The van der Waals surface area contributed by atoms with E-state index in [0.29, 0.717) is 30.6 Å². The molecule has 0 atom stereocenters. The molecule has 2 amide bonds. The average molecular weight is 342 g/mol. The fourth-order valence-corrected chi connectivity index (χ4v) is 2.49. The van der Waals surface area contributed by atoms with E-state index in [1.165, 1.54) is 0 Å². The summed E-state index contributed by atoms with van der Waals surface area (Å²) in [5, 5.41) is 8.89. The maximum absolute atomic E-state index is 12.5. The second-order valence-electron chi connectivity index (χ2n) is 5.38. The zero-order valence-electron chi connectivity index (χ0n) is 13.5. The van der Waals surface area contributed by atoms with Crippen LogP contribution in [0, 0.1) is 0 Å². The molecule has 1 aromatic carbocycles. The second kappa shape index (κ2) is 8.86. The van der Waals surface area contributed by atoms with Gasteiger partial charge < -0.3 is 20.7 Å². The van der Waals surface area contributed by atoms with Crippen molar-refractivity contribution in [3.8, 4) is 0 Å². The van der Waals surface area contributed by atoms with Gasteiger partial charge in [0.1, 0.15) is 5.60 Å². The molecule has 0 bridgehead atoms. The van der Waals surface area contributed by atoms with Crippen molar-refractivity contribution in [1.82, 2.24) is 5.32 Å². The summed E-state index contributed by atoms with van der Waals surface area (Å²) in [6, 6.07) is 7.08. The van der Waals surface area contributed by atoms with Gasteiger partial charge in [0, 0.05) is 24.9 Å². The van der Waals surface area contributed by atoms with Crippen LogP contribution in [0.15, 0.2) is 24.3 Å². The van der Waals surface area contributed by atoms with Crippen LogP contribution in [-0.4, -0.2) is 37.6 Å². The molecule has 0 aromatic heterocycles. The predicted molar refractivity (Wildman–Crippen MR) is 93.1 cm³/mol. The summed E-state index contributed by atoms with van der Waals surface area (Å²) in [6.45, 7) is 3.33. The average Bonchev–Trinajstić information content (AvgIpc) is 2.57. The van der Waals surface area contributed by atoms with E-state index in [-0.39, 0.29) is 24.2 Å². The minimum Gasteiger partial charge on any atom is -0.368 e. The van der Waals surface area contributed by atoms with Gasteiger partial charge in [-0.15, -0.1) is 12.4 Å². The number of nitrogens with one attached hydrogen (secondary N) is 3. The van der Waals surface area contributed by atoms with Crippen molar-refractivity contribution in [2.45, 2.75) is 31.8 Å². The first-order valence-electron chi connectivity index (χ1n) is 7.57. The Morgan fingerprint density at radius 2 is 1.65 bits per heavy atom. The van der Waals surface area contributed by atoms with Gasteiger partial charge in [-0.2, -0.15) is 0 Å². The number of benzene rings is 1. The topological polar surface area (TPSA) is 79.5 Å². The Kier molecular flexibility index (Phi) is 7.48. The lowest BCUT2D eigenvalue weighted by atomic mass is 9.91. The molecule has 0 spiro atoms. The minimum absolute atomic E-state index is 0. The van der Waals surface area contributed by atoms with Crippen LogP contribution in [0.1, 0.15) is 26.2 Å². The zero-order chi connectivity index (χ0) is 16.0. The third kappa shape index (κ3) is 4.92. The van der Waals surface area contributed by atoms with Gasteiger partial charge in [0.2, 0.25) is 5.91 Å². The first-order valence-corrected chi connectivity index (χ1v) is 7.57. The Balaban J connectivity index is 0.00000264. The van der Waals surface area contributed by atoms with E-state index < -0.39 is 5.60 Å². The van der Waals surface area contributed by atoms with Gasteiger partial charge in [-0.1, -0.05) is 6.92 Å². The largest absolute Gasteiger partial charge is 0.368 e. The Morgan fingerprint density at radius 3 is 2.13 bits per heavy atom. The Labute approximate surface area is 142 Å². The highest BCUT2D eigenvalue weighted by Crippen LogP contribution is 2.25. The number of methoxy groups -OCH3 is 1. The predicted octanol–water partition coefficient (Wildman–Crippen LogP) is 2.16. The number of hydrogen-bond acceptors (Lipinski definition) is 4. The van der Waals surface area contributed by atoms with E-state index in [2.05, 4.69) is 16.0 Å². The number of hydrogen-bond donors (Lipinski definition) is 3. The van der Waals surface area contributed by atoms with Crippen molar-refractivity contribution in [2.75, 3.05) is 30.8 Å². The molecule has 1 aromatic rings. The summed E-state index contributed by atoms with van der Waals surface area (Å²) in [4.78, 5) is 23.8. The minimum atomic E-state index is -0.764. The maximum atomic E-state index is 12.5. The van der Waals surface area contributed by atoms with E-state index in [1.807, 2.05) is 0 Å². The summed E-state index contributed by atoms with van der Waals surface area (Å²) < 4.78 is 5.49. The summed E-state index contributed by atoms with van der Waals surface area (Å²) >= 11 is 0. The van der Waals surface area contributed by atoms with E-state index in [9.17, 15) is 9.59 Å². The van der Waals surface area contributed by atoms with Crippen molar-refractivity contribution in [1.29, 1.82) is 0 Å². The van der Waals surface area contributed by atoms with Gasteiger partial charge in [0.05, 0.1) is 0 Å². The fraction of sp³-hybridized carbons (Fsp3) is 0.500. The number of amides is 2. The molecular weight excluding hydrogens is 318 g/mol. The third-order valence-electron chi connectivity index (χ3n) is 3.96. The van der Waals surface area contributed by atoms with Gasteiger partial charge in [-0.3, -0.25) is 9.59 Å². The molecule has 0 unspecified atom stereocenters. The van der Waals surface area contributed by atoms with Crippen molar-refractivity contribution < 1.29 is 14.3 Å². The summed E-state index contributed by atoms with van der Waals surface area (Å²) in [5.41, 5.74) is 0.642. The van der Waals surface area contributed by atoms with Gasteiger partial charge in [-0.25, -0.2) is 0 Å². The number of carbonyl (C=O) groups is 2. The molecule has 1 aliphatic heterocycles. The van der Waals surface area contributed by atoms with Crippen molar-refractivity contribution in [3.63, 3.8) is 0 Å². The lowest BCUT2D eigenvalue weighted by Gasteiger charge is -2.34. The summed E-state index contributed by atoms with van der Waals surface area (Å²) in [5.74, 6) is -0.160. The number of carbonyl (C=O) groups excluding carboxylic acids is 2. The SMILES string of the molecule is CCC(=O)Nc1ccc(NC(=O)C2(OC)CCNCC2)cc1.Cl. The number of ether oxygens (including phenoxy) is 1. The molecule has 7 heteroatoms. The summed E-state index contributed by atoms with van der Waals surface area (Å²) in [6.07, 6.45) is 1.74. The van der Waals surface area contributed by atoms with Crippen LogP contribution in [0.5, 0.6) is 0 Å². The standard InChI is InChI=1S/C16H23N3O3.ClH/c1-3-14(20)18-12-4-6-13(7-5-12)19-15(21)16(22-2)8-10-17-11-9-16;/h4-7,17H,3,8-11H2,1-2H3,(H,18,20)(H,19,21);1H. The smallest absolute Gasteiger partial charge is 0.256 e. The van der Waals surface area contributed by atoms with Crippen molar-refractivity contribution >= 4 is 35.6 Å². The highest BCUT2D eigenvalue weighted by atomic mass is 35.5. The van der Waals surface area contributed by atoms with Crippen LogP contribution in [0.4, 0.5) is 11.4 Å². The number of halogens is 1. The second-order valence-corrected chi connectivity index (χ2v) is 5.38. The molecule has 6 nitrogen and oxygen atoms in total. The Hall–Kier alpha value is -1.63. The van der Waals surface area contributed by atoms with Crippen LogP contribution >= 0.6 is 12.4 Å². The van der Waals surface area contributed by atoms with Crippen LogP contribution in [-0.2, 0) is 14.3 Å². The molecule has 1 heterocycles. The molecule has 1 aliphatic rings. The third-order valence-corrected chi connectivity index (χ3v) is 3.96. The van der Waals surface area contributed by atoms with Crippen LogP contribution < -0.4 is 16.0 Å². The van der Waals surface area contributed by atoms with E-state index >= 15 is 0 Å². The van der Waals surface area contributed by atoms with Gasteiger partial charge in [-0.05, 0) is 50.2 Å². The van der Waals surface area contributed by atoms with Crippen LogP contribution in [0.3, 0.4) is 0 Å². The molecule has 23 heavy (non-hydrogen) atoms. The van der Waals surface area contributed by atoms with Crippen LogP contribution in [0.25, 0.3) is 0 Å². The molecule has 3 N–H and O–H groups in total. The van der Waals surface area contributed by atoms with Gasteiger partial charge in [0.25, 0.3) is 5.91 Å². The molecule has 1 fully saturated rings. The fourth-order valence-electron chi connectivity index (χ4n) is 2.49. The Morgan fingerprint density at radius 1 is 1.13 bits per heavy atom. The monoisotopic (exact) mass is 341 g/mol. The van der Waals surface area contributed by atoms with E-state index in [1.54, 1.807) is 38.3 Å². The molecular formula is C16H24ClN3O3. The van der Waals surface area contributed by atoms with E-state index in [4.69, 9.17) is 4.74 Å². The quantitative estimate of drug-likeness (QED) is 0.766. The lowest BCUT2D eigenvalue weighted by Crippen LogP contribution is -2.51.